The smallest absolute Gasteiger partial charge is 0.341 e. The molecule has 0 atom stereocenters. The maximum absolute atomic E-state index is 13.6. The van der Waals surface area contributed by atoms with Gasteiger partial charge in [-0.05, 0) is 41.8 Å². The monoisotopic (exact) mass is 373 g/mol. The minimum atomic E-state index is -0.856. The van der Waals surface area contributed by atoms with Crippen molar-refractivity contribution in [2.24, 2.45) is 0 Å². The van der Waals surface area contributed by atoms with Crippen molar-refractivity contribution < 1.29 is 28.2 Å². The Kier molecular flexibility index (Phi) is 5.59. The van der Waals surface area contributed by atoms with Gasteiger partial charge in [-0.3, -0.25) is 4.79 Å². The average molecular weight is 373 g/mol. The first-order chi connectivity index (χ1) is 13.0. The highest BCUT2D eigenvalue weighted by Crippen LogP contribution is 2.33. The molecule has 0 spiro atoms. The van der Waals surface area contributed by atoms with E-state index in [1.165, 1.54) is 24.3 Å². The molecule has 142 valence electrons. The Morgan fingerprint density at radius 1 is 1.07 bits per heavy atom. The molecule has 0 aromatic heterocycles. The number of fused-ring (bicyclic) bond motifs is 1. The van der Waals surface area contributed by atoms with Crippen LogP contribution in [0.25, 0.3) is 0 Å². The van der Waals surface area contributed by atoms with Gasteiger partial charge in [-0.15, -0.1) is 0 Å². The van der Waals surface area contributed by atoms with Crippen molar-refractivity contribution in [3.8, 4) is 11.5 Å². The van der Waals surface area contributed by atoms with Gasteiger partial charge in [0.1, 0.15) is 5.82 Å². The van der Waals surface area contributed by atoms with Crippen LogP contribution in [0.15, 0.2) is 36.4 Å². The van der Waals surface area contributed by atoms with E-state index in [1.54, 1.807) is 19.1 Å². The lowest BCUT2D eigenvalue weighted by molar-refractivity contribution is -0.135. The van der Waals surface area contributed by atoms with Crippen LogP contribution in [-0.4, -0.2) is 44.1 Å². The van der Waals surface area contributed by atoms with E-state index in [9.17, 15) is 14.0 Å². The Morgan fingerprint density at radius 2 is 1.74 bits per heavy atom. The fraction of sp³-hybridized carbons (Fsp3) is 0.300. The molecule has 0 radical (unpaired) electrons. The van der Waals surface area contributed by atoms with Crippen molar-refractivity contribution in [1.82, 2.24) is 4.90 Å². The number of carbonyl (C=O) groups is 2. The number of rotatable bonds is 5. The van der Waals surface area contributed by atoms with Crippen LogP contribution in [0.2, 0.25) is 0 Å². The number of esters is 1. The van der Waals surface area contributed by atoms with Gasteiger partial charge in [-0.1, -0.05) is 12.1 Å². The van der Waals surface area contributed by atoms with Gasteiger partial charge in [0.05, 0.1) is 19.8 Å². The van der Waals surface area contributed by atoms with Gasteiger partial charge in [0.15, 0.2) is 18.1 Å². The first kappa shape index (κ1) is 18.7. The van der Waals surface area contributed by atoms with Crippen molar-refractivity contribution in [2.45, 2.75) is 13.0 Å². The van der Waals surface area contributed by atoms with Crippen molar-refractivity contribution in [2.75, 3.05) is 27.4 Å². The maximum Gasteiger partial charge on any atom is 0.341 e. The normalized spacial score (nSPS) is 12.9. The lowest BCUT2D eigenvalue weighted by Crippen LogP contribution is -2.38. The Balaban J connectivity index is 1.64. The van der Waals surface area contributed by atoms with Gasteiger partial charge < -0.3 is 19.1 Å². The van der Waals surface area contributed by atoms with Crippen LogP contribution in [0.1, 0.15) is 21.5 Å². The molecule has 0 aliphatic carbocycles. The highest BCUT2D eigenvalue weighted by Gasteiger charge is 2.24. The van der Waals surface area contributed by atoms with Crippen molar-refractivity contribution in [3.05, 3.63) is 58.9 Å². The molecule has 3 rings (SSSR count). The summed E-state index contributed by atoms with van der Waals surface area (Å²) in [5.41, 5.74) is 1.85. The Labute approximate surface area is 156 Å². The molecule has 1 amide bonds. The summed E-state index contributed by atoms with van der Waals surface area (Å²) in [5, 5.41) is 0. The van der Waals surface area contributed by atoms with Crippen molar-refractivity contribution >= 4 is 11.9 Å². The van der Waals surface area contributed by atoms with E-state index in [2.05, 4.69) is 0 Å². The quantitative estimate of drug-likeness (QED) is 0.754. The van der Waals surface area contributed by atoms with E-state index >= 15 is 0 Å². The highest BCUT2D eigenvalue weighted by atomic mass is 19.1. The topological polar surface area (TPSA) is 65.1 Å². The summed E-state index contributed by atoms with van der Waals surface area (Å²) in [7, 11) is 3.13. The molecule has 1 heterocycles. The molecule has 7 heteroatoms. The summed E-state index contributed by atoms with van der Waals surface area (Å²) >= 11 is 0. The van der Waals surface area contributed by atoms with E-state index in [0.29, 0.717) is 31.0 Å². The minimum Gasteiger partial charge on any atom is -0.493 e. The summed E-state index contributed by atoms with van der Waals surface area (Å²) in [6, 6.07) is 9.25. The molecule has 1 aliphatic rings. The van der Waals surface area contributed by atoms with Crippen LogP contribution in [0.5, 0.6) is 11.5 Å². The number of benzene rings is 2. The zero-order chi connectivity index (χ0) is 19.4. The van der Waals surface area contributed by atoms with Gasteiger partial charge in [-0.25, -0.2) is 9.18 Å². The van der Waals surface area contributed by atoms with Crippen LogP contribution < -0.4 is 9.47 Å². The SMILES string of the molecule is COc1cc2c(cc1OC)CN(C(=O)COC(=O)c1ccccc1F)CC2. The van der Waals surface area contributed by atoms with Crippen LogP contribution in [0.4, 0.5) is 4.39 Å². The largest absolute Gasteiger partial charge is 0.493 e. The second-order valence-corrected chi connectivity index (χ2v) is 6.10. The number of amides is 1. The van der Waals surface area contributed by atoms with E-state index in [1.807, 2.05) is 12.1 Å². The molecule has 0 N–H and O–H groups in total. The van der Waals surface area contributed by atoms with Crippen LogP contribution in [0.3, 0.4) is 0 Å². The van der Waals surface area contributed by atoms with Gasteiger partial charge in [0.25, 0.3) is 5.91 Å². The van der Waals surface area contributed by atoms with Crippen molar-refractivity contribution in [1.29, 1.82) is 0 Å². The fourth-order valence-electron chi connectivity index (χ4n) is 3.02. The van der Waals surface area contributed by atoms with Gasteiger partial charge in [-0.2, -0.15) is 0 Å². The predicted octanol–water partition coefficient (Wildman–Crippen LogP) is 2.58. The molecule has 2 aromatic rings. The number of nitrogens with zero attached hydrogens (tertiary/aromatic N) is 1. The maximum atomic E-state index is 13.6. The second kappa shape index (κ2) is 8.07. The molecule has 0 saturated heterocycles. The first-order valence-corrected chi connectivity index (χ1v) is 8.46. The third kappa shape index (κ3) is 4.02. The standard InChI is InChI=1S/C20H20FNO5/c1-25-17-9-13-7-8-22(11-14(13)10-18(17)26-2)19(23)12-27-20(24)15-5-3-4-6-16(15)21/h3-6,9-10H,7-8,11-12H2,1-2H3. The number of ether oxygens (including phenoxy) is 3. The molecule has 27 heavy (non-hydrogen) atoms. The minimum absolute atomic E-state index is 0.189. The van der Waals surface area contributed by atoms with Gasteiger partial charge in [0.2, 0.25) is 0 Å². The number of halogens is 1. The second-order valence-electron chi connectivity index (χ2n) is 6.10. The van der Waals surface area contributed by atoms with E-state index in [4.69, 9.17) is 14.2 Å². The lowest BCUT2D eigenvalue weighted by Gasteiger charge is -2.29. The molecule has 0 unspecified atom stereocenters. The van der Waals surface area contributed by atoms with E-state index in [-0.39, 0.29) is 11.5 Å². The van der Waals surface area contributed by atoms with Crippen LogP contribution in [0, 0.1) is 5.82 Å². The molecule has 2 aromatic carbocycles. The number of hydrogen-bond donors (Lipinski definition) is 0. The molecular weight excluding hydrogens is 353 g/mol. The summed E-state index contributed by atoms with van der Waals surface area (Å²) in [6.45, 7) is 0.445. The van der Waals surface area contributed by atoms with Crippen LogP contribution in [-0.2, 0) is 22.5 Å². The summed E-state index contributed by atoms with van der Waals surface area (Å²) in [4.78, 5) is 25.9. The Bertz CT molecular complexity index is 867. The number of carbonyl (C=O) groups excluding carboxylic acids is 2. The van der Waals surface area contributed by atoms with Gasteiger partial charge >= 0.3 is 5.97 Å². The molecule has 0 saturated carbocycles. The Hall–Kier alpha value is -3.09. The van der Waals surface area contributed by atoms with E-state index < -0.39 is 18.4 Å². The average Bonchev–Trinajstić information content (AvgIpc) is 2.70. The zero-order valence-electron chi connectivity index (χ0n) is 15.2. The molecule has 0 fully saturated rings. The Morgan fingerprint density at radius 3 is 2.41 bits per heavy atom. The number of hydrogen-bond acceptors (Lipinski definition) is 5. The molecule has 1 aliphatic heterocycles. The third-order valence-electron chi connectivity index (χ3n) is 4.49. The highest BCUT2D eigenvalue weighted by molar-refractivity contribution is 5.91. The first-order valence-electron chi connectivity index (χ1n) is 8.46. The summed E-state index contributed by atoms with van der Waals surface area (Å²) < 4.78 is 29.2. The molecule has 0 bridgehead atoms. The number of methoxy groups -OCH3 is 2. The lowest BCUT2D eigenvalue weighted by atomic mass is 9.99. The summed E-state index contributed by atoms with van der Waals surface area (Å²) in [5.74, 6) is -0.625. The van der Waals surface area contributed by atoms with Gasteiger partial charge in [0, 0.05) is 13.1 Å². The summed E-state index contributed by atoms with van der Waals surface area (Å²) in [6.07, 6.45) is 0.655. The van der Waals surface area contributed by atoms with Crippen LogP contribution >= 0.6 is 0 Å². The molecular formula is C20H20FNO5. The predicted molar refractivity (Wildman–Crippen MR) is 95.3 cm³/mol. The molecule has 6 nitrogen and oxygen atoms in total. The van der Waals surface area contributed by atoms with Crippen molar-refractivity contribution in [3.63, 3.8) is 0 Å². The fourth-order valence-corrected chi connectivity index (χ4v) is 3.02. The zero-order valence-corrected chi connectivity index (χ0v) is 15.2. The third-order valence-corrected chi connectivity index (χ3v) is 4.49. The van der Waals surface area contributed by atoms with E-state index in [0.717, 1.165) is 11.1 Å².